The Hall–Kier alpha value is -2.33. The van der Waals surface area contributed by atoms with E-state index >= 15 is 0 Å². The average molecular weight is 344 g/mol. The van der Waals surface area contributed by atoms with Crippen molar-refractivity contribution < 1.29 is 14.7 Å². The topological polar surface area (TPSA) is 66.4 Å². The number of rotatable bonds is 6. The van der Waals surface area contributed by atoms with Gasteiger partial charge in [0.05, 0.1) is 5.56 Å². The number of halogens is 1. The SMILES string of the molecule is O=C(O)c1cccc(CCNC(=O)C2CC2c2ccccc2Cl)c1. The third-order valence-corrected chi connectivity index (χ3v) is 4.66. The maximum absolute atomic E-state index is 12.2. The van der Waals surface area contributed by atoms with Crippen molar-refractivity contribution in [1.29, 1.82) is 0 Å². The van der Waals surface area contributed by atoms with Gasteiger partial charge < -0.3 is 10.4 Å². The Kier molecular flexibility index (Phi) is 4.86. The highest BCUT2D eigenvalue weighted by atomic mass is 35.5. The van der Waals surface area contributed by atoms with Gasteiger partial charge in [-0.3, -0.25) is 4.79 Å². The quantitative estimate of drug-likeness (QED) is 0.843. The Labute approximate surface area is 145 Å². The molecule has 1 saturated carbocycles. The second-order valence-electron chi connectivity index (χ2n) is 6.02. The number of aromatic carboxylic acids is 1. The molecule has 24 heavy (non-hydrogen) atoms. The minimum absolute atomic E-state index is 0.0183. The first-order valence-corrected chi connectivity index (χ1v) is 8.28. The summed E-state index contributed by atoms with van der Waals surface area (Å²) < 4.78 is 0. The molecule has 0 saturated heterocycles. The first-order valence-electron chi connectivity index (χ1n) is 7.90. The number of amides is 1. The van der Waals surface area contributed by atoms with Crippen LogP contribution < -0.4 is 5.32 Å². The van der Waals surface area contributed by atoms with Crippen LogP contribution in [0.5, 0.6) is 0 Å². The van der Waals surface area contributed by atoms with Gasteiger partial charge in [-0.2, -0.15) is 0 Å². The van der Waals surface area contributed by atoms with Crippen molar-refractivity contribution in [1.82, 2.24) is 5.32 Å². The number of benzene rings is 2. The molecule has 0 heterocycles. The zero-order valence-corrected chi connectivity index (χ0v) is 13.8. The molecule has 2 N–H and O–H groups in total. The van der Waals surface area contributed by atoms with Crippen molar-refractivity contribution in [3.05, 3.63) is 70.2 Å². The van der Waals surface area contributed by atoms with Gasteiger partial charge in [0, 0.05) is 17.5 Å². The van der Waals surface area contributed by atoms with E-state index in [1.165, 1.54) is 0 Å². The maximum Gasteiger partial charge on any atom is 0.335 e. The number of carbonyl (C=O) groups excluding carboxylic acids is 1. The van der Waals surface area contributed by atoms with Crippen LogP contribution in [0, 0.1) is 5.92 Å². The highest BCUT2D eigenvalue weighted by Crippen LogP contribution is 2.49. The van der Waals surface area contributed by atoms with E-state index in [0.717, 1.165) is 17.5 Å². The summed E-state index contributed by atoms with van der Waals surface area (Å²) in [6, 6.07) is 14.4. The van der Waals surface area contributed by atoms with E-state index in [4.69, 9.17) is 16.7 Å². The van der Waals surface area contributed by atoms with Crippen LogP contribution in [0.1, 0.15) is 33.8 Å². The fraction of sp³-hybridized carbons (Fsp3) is 0.263. The molecule has 1 amide bonds. The fourth-order valence-electron chi connectivity index (χ4n) is 2.93. The van der Waals surface area contributed by atoms with E-state index in [-0.39, 0.29) is 23.3 Å². The van der Waals surface area contributed by atoms with Crippen molar-refractivity contribution in [3.63, 3.8) is 0 Å². The second-order valence-corrected chi connectivity index (χ2v) is 6.42. The Morgan fingerprint density at radius 3 is 2.71 bits per heavy atom. The predicted octanol–water partition coefficient (Wildman–Crippen LogP) is 3.50. The van der Waals surface area contributed by atoms with Gasteiger partial charge in [-0.1, -0.05) is 41.9 Å². The van der Waals surface area contributed by atoms with Crippen LogP contribution in [-0.2, 0) is 11.2 Å². The van der Waals surface area contributed by atoms with Gasteiger partial charge in [0.25, 0.3) is 0 Å². The van der Waals surface area contributed by atoms with Crippen molar-refractivity contribution >= 4 is 23.5 Å². The van der Waals surface area contributed by atoms with E-state index in [9.17, 15) is 9.59 Å². The number of carbonyl (C=O) groups is 2. The smallest absolute Gasteiger partial charge is 0.335 e. The zero-order valence-electron chi connectivity index (χ0n) is 13.0. The molecule has 4 nitrogen and oxygen atoms in total. The maximum atomic E-state index is 12.2. The average Bonchev–Trinajstić information content (AvgIpc) is 3.36. The van der Waals surface area contributed by atoms with Gasteiger partial charge in [0.2, 0.25) is 5.91 Å². The number of nitrogens with one attached hydrogen (secondary N) is 1. The zero-order chi connectivity index (χ0) is 17.1. The Morgan fingerprint density at radius 2 is 1.96 bits per heavy atom. The molecule has 124 valence electrons. The van der Waals surface area contributed by atoms with Crippen molar-refractivity contribution in [2.24, 2.45) is 5.92 Å². The molecule has 0 bridgehead atoms. The molecule has 1 fully saturated rings. The molecular weight excluding hydrogens is 326 g/mol. The molecule has 0 aliphatic heterocycles. The van der Waals surface area contributed by atoms with E-state index in [1.807, 2.05) is 30.3 Å². The van der Waals surface area contributed by atoms with Crippen LogP contribution in [0.4, 0.5) is 0 Å². The van der Waals surface area contributed by atoms with Crippen LogP contribution in [-0.4, -0.2) is 23.5 Å². The summed E-state index contributed by atoms with van der Waals surface area (Å²) in [4.78, 5) is 23.2. The first kappa shape index (κ1) is 16.5. The van der Waals surface area contributed by atoms with Crippen LogP contribution in [0.3, 0.4) is 0 Å². The fourth-order valence-corrected chi connectivity index (χ4v) is 3.20. The van der Waals surface area contributed by atoms with E-state index in [1.54, 1.807) is 18.2 Å². The molecule has 2 aromatic rings. The van der Waals surface area contributed by atoms with Gasteiger partial charge in [0.1, 0.15) is 0 Å². The predicted molar refractivity (Wildman–Crippen MR) is 92.4 cm³/mol. The Bertz CT molecular complexity index is 775. The van der Waals surface area contributed by atoms with Crippen LogP contribution in [0.25, 0.3) is 0 Å². The summed E-state index contributed by atoms with van der Waals surface area (Å²) in [5, 5.41) is 12.6. The van der Waals surface area contributed by atoms with Crippen LogP contribution >= 0.6 is 11.6 Å². The van der Waals surface area contributed by atoms with Gasteiger partial charge >= 0.3 is 5.97 Å². The lowest BCUT2D eigenvalue weighted by Gasteiger charge is -2.07. The lowest BCUT2D eigenvalue weighted by Crippen LogP contribution is -2.27. The second kappa shape index (κ2) is 7.05. The summed E-state index contributed by atoms with van der Waals surface area (Å²) in [7, 11) is 0. The third kappa shape index (κ3) is 3.77. The normalized spacial score (nSPS) is 18.9. The van der Waals surface area contributed by atoms with Gasteiger partial charge in [-0.25, -0.2) is 4.79 Å². The van der Waals surface area contributed by atoms with E-state index in [0.29, 0.717) is 18.0 Å². The molecule has 0 spiro atoms. The molecule has 1 aliphatic rings. The van der Waals surface area contributed by atoms with Crippen molar-refractivity contribution in [2.75, 3.05) is 6.54 Å². The number of hydrogen-bond acceptors (Lipinski definition) is 2. The third-order valence-electron chi connectivity index (χ3n) is 4.32. The van der Waals surface area contributed by atoms with Crippen LogP contribution in [0.15, 0.2) is 48.5 Å². The highest BCUT2D eigenvalue weighted by Gasteiger charge is 2.44. The summed E-state index contributed by atoms with van der Waals surface area (Å²) in [5.41, 5.74) is 2.20. The standard InChI is InChI=1S/C19H18ClNO3/c20-17-7-2-1-6-14(17)15-11-16(15)18(22)21-9-8-12-4-3-5-13(10-12)19(23)24/h1-7,10,15-16H,8-9,11H2,(H,21,22)(H,23,24). The minimum Gasteiger partial charge on any atom is -0.478 e. The minimum atomic E-state index is -0.943. The number of carboxylic acid groups (broad SMARTS) is 1. The Morgan fingerprint density at radius 1 is 1.17 bits per heavy atom. The molecular formula is C19H18ClNO3. The number of hydrogen-bond donors (Lipinski definition) is 2. The van der Waals surface area contributed by atoms with Gasteiger partial charge in [-0.05, 0) is 48.1 Å². The Balaban J connectivity index is 1.50. The van der Waals surface area contributed by atoms with Gasteiger partial charge in [-0.15, -0.1) is 0 Å². The van der Waals surface area contributed by atoms with Crippen LogP contribution in [0.2, 0.25) is 5.02 Å². The van der Waals surface area contributed by atoms with E-state index < -0.39 is 5.97 Å². The summed E-state index contributed by atoms with van der Waals surface area (Å²) in [6.07, 6.45) is 1.43. The molecule has 5 heteroatoms. The summed E-state index contributed by atoms with van der Waals surface area (Å²) in [5.74, 6) is -0.722. The highest BCUT2D eigenvalue weighted by molar-refractivity contribution is 6.31. The molecule has 2 aromatic carbocycles. The molecule has 0 aromatic heterocycles. The lowest BCUT2D eigenvalue weighted by molar-refractivity contribution is -0.122. The van der Waals surface area contributed by atoms with Crippen molar-refractivity contribution in [2.45, 2.75) is 18.8 Å². The molecule has 3 rings (SSSR count). The first-order chi connectivity index (χ1) is 11.6. The van der Waals surface area contributed by atoms with E-state index in [2.05, 4.69) is 5.32 Å². The monoisotopic (exact) mass is 343 g/mol. The summed E-state index contributed by atoms with van der Waals surface area (Å²) in [6.45, 7) is 0.494. The molecule has 2 unspecified atom stereocenters. The molecule has 1 aliphatic carbocycles. The lowest BCUT2D eigenvalue weighted by atomic mass is 10.1. The summed E-state index contributed by atoms with van der Waals surface area (Å²) >= 11 is 6.17. The molecule has 2 atom stereocenters. The van der Waals surface area contributed by atoms with Crippen molar-refractivity contribution in [3.8, 4) is 0 Å². The largest absolute Gasteiger partial charge is 0.478 e. The number of carboxylic acids is 1. The molecule has 0 radical (unpaired) electrons. The van der Waals surface area contributed by atoms with Gasteiger partial charge in [0.15, 0.2) is 0 Å².